The lowest BCUT2D eigenvalue weighted by atomic mass is 10.1. The number of nitrogens with one attached hydrogen (secondary N) is 1. The van der Waals surface area contributed by atoms with E-state index in [1.54, 1.807) is 12.4 Å². The molecular formula is C11H16N2OS. The molecule has 0 bridgehead atoms. The van der Waals surface area contributed by atoms with Crippen molar-refractivity contribution < 1.29 is 4.21 Å². The molecule has 1 aliphatic heterocycles. The van der Waals surface area contributed by atoms with Crippen molar-refractivity contribution in [2.75, 3.05) is 12.3 Å². The van der Waals surface area contributed by atoms with Crippen molar-refractivity contribution in [2.45, 2.75) is 30.2 Å². The Morgan fingerprint density at radius 2 is 2.20 bits per heavy atom. The first-order chi connectivity index (χ1) is 7.36. The molecule has 1 fully saturated rings. The largest absolute Gasteiger partial charge is 0.313 e. The summed E-state index contributed by atoms with van der Waals surface area (Å²) in [7, 11) is -0.883. The third-order valence-electron chi connectivity index (χ3n) is 2.68. The van der Waals surface area contributed by atoms with E-state index in [0.717, 1.165) is 23.6 Å². The van der Waals surface area contributed by atoms with Crippen molar-refractivity contribution in [3.05, 3.63) is 24.5 Å². The molecule has 82 valence electrons. The van der Waals surface area contributed by atoms with E-state index in [0.29, 0.717) is 6.04 Å². The monoisotopic (exact) mass is 224 g/mol. The predicted molar refractivity (Wildman–Crippen MR) is 61.2 cm³/mol. The number of aromatic nitrogens is 1. The summed E-state index contributed by atoms with van der Waals surface area (Å²) < 4.78 is 12.0. The normalized spacial score (nSPS) is 23.6. The van der Waals surface area contributed by atoms with Crippen LogP contribution in [0.2, 0.25) is 0 Å². The maximum atomic E-state index is 12.0. The third-order valence-corrected chi connectivity index (χ3v) is 4.18. The number of piperidine rings is 1. The predicted octanol–water partition coefficient (Wildman–Crippen LogP) is 1.33. The van der Waals surface area contributed by atoms with Gasteiger partial charge in [0, 0.05) is 29.1 Å². The van der Waals surface area contributed by atoms with Crippen LogP contribution in [0.25, 0.3) is 0 Å². The van der Waals surface area contributed by atoms with E-state index in [1.807, 2.05) is 12.1 Å². The van der Waals surface area contributed by atoms with Crippen molar-refractivity contribution in [3.63, 3.8) is 0 Å². The molecule has 0 aliphatic carbocycles. The second kappa shape index (κ2) is 5.37. The molecule has 0 radical (unpaired) electrons. The fraction of sp³-hybridized carbons (Fsp3) is 0.545. The first-order valence-electron chi connectivity index (χ1n) is 5.38. The molecule has 0 spiro atoms. The van der Waals surface area contributed by atoms with Crippen LogP contribution in [0.15, 0.2) is 29.4 Å². The van der Waals surface area contributed by atoms with Gasteiger partial charge < -0.3 is 5.32 Å². The minimum Gasteiger partial charge on any atom is -0.313 e. The van der Waals surface area contributed by atoms with Gasteiger partial charge in [0.2, 0.25) is 0 Å². The number of hydrogen-bond acceptors (Lipinski definition) is 3. The lowest BCUT2D eigenvalue weighted by molar-refractivity contribution is 0.427. The Morgan fingerprint density at radius 1 is 1.40 bits per heavy atom. The number of pyridine rings is 1. The first-order valence-corrected chi connectivity index (χ1v) is 6.70. The van der Waals surface area contributed by atoms with Gasteiger partial charge in [0.1, 0.15) is 0 Å². The molecule has 0 aromatic carbocycles. The van der Waals surface area contributed by atoms with Gasteiger partial charge in [0.15, 0.2) is 0 Å². The Morgan fingerprint density at radius 3 is 2.87 bits per heavy atom. The molecule has 0 amide bonds. The van der Waals surface area contributed by atoms with E-state index in [-0.39, 0.29) is 0 Å². The summed E-state index contributed by atoms with van der Waals surface area (Å²) in [5, 5.41) is 3.41. The Labute approximate surface area is 92.8 Å². The van der Waals surface area contributed by atoms with Crippen LogP contribution < -0.4 is 5.32 Å². The van der Waals surface area contributed by atoms with Gasteiger partial charge in [-0.25, -0.2) is 0 Å². The minimum atomic E-state index is -0.883. The highest BCUT2D eigenvalue weighted by Crippen LogP contribution is 2.11. The van der Waals surface area contributed by atoms with Crippen LogP contribution in [-0.2, 0) is 10.8 Å². The zero-order valence-corrected chi connectivity index (χ0v) is 9.50. The summed E-state index contributed by atoms with van der Waals surface area (Å²) in [5.74, 6) is 0.726. The zero-order chi connectivity index (χ0) is 10.5. The highest BCUT2D eigenvalue weighted by molar-refractivity contribution is 7.85. The molecule has 2 rings (SSSR count). The van der Waals surface area contributed by atoms with Gasteiger partial charge in [-0.2, -0.15) is 0 Å². The first kappa shape index (κ1) is 10.8. The Hall–Kier alpha value is -0.740. The van der Waals surface area contributed by atoms with E-state index in [2.05, 4.69) is 10.3 Å². The average molecular weight is 224 g/mol. The zero-order valence-electron chi connectivity index (χ0n) is 8.69. The minimum absolute atomic E-state index is 0.424. The molecule has 1 aliphatic rings. The number of nitrogens with zero attached hydrogens (tertiary/aromatic N) is 1. The number of hydrogen-bond donors (Lipinski definition) is 1. The molecule has 4 heteroatoms. The fourth-order valence-electron chi connectivity index (χ4n) is 1.84. The maximum absolute atomic E-state index is 12.0. The molecule has 0 saturated carbocycles. The highest BCUT2D eigenvalue weighted by atomic mass is 32.2. The molecule has 2 atom stereocenters. The lowest BCUT2D eigenvalue weighted by Crippen LogP contribution is -2.38. The lowest BCUT2D eigenvalue weighted by Gasteiger charge is -2.22. The molecule has 1 saturated heterocycles. The molecule has 0 unspecified atom stereocenters. The van der Waals surface area contributed by atoms with E-state index in [4.69, 9.17) is 0 Å². The average Bonchev–Trinajstić information content (AvgIpc) is 2.31. The fourth-order valence-corrected chi connectivity index (χ4v) is 3.10. The number of rotatable bonds is 3. The third kappa shape index (κ3) is 3.11. The van der Waals surface area contributed by atoms with E-state index < -0.39 is 10.8 Å². The van der Waals surface area contributed by atoms with Crippen molar-refractivity contribution in [1.82, 2.24) is 10.3 Å². The van der Waals surface area contributed by atoms with Gasteiger partial charge >= 0.3 is 0 Å². The van der Waals surface area contributed by atoms with Crippen molar-refractivity contribution in [2.24, 2.45) is 0 Å². The van der Waals surface area contributed by atoms with Crippen LogP contribution >= 0.6 is 0 Å². The van der Waals surface area contributed by atoms with Crippen LogP contribution in [0.5, 0.6) is 0 Å². The van der Waals surface area contributed by atoms with Gasteiger partial charge in [-0.3, -0.25) is 9.19 Å². The Kier molecular flexibility index (Phi) is 3.86. The quantitative estimate of drug-likeness (QED) is 0.842. The topological polar surface area (TPSA) is 42.0 Å². The summed E-state index contributed by atoms with van der Waals surface area (Å²) in [5.41, 5.74) is 0. The smallest absolute Gasteiger partial charge is 0.0546 e. The standard InChI is InChI=1S/C11H16N2OS/c14-15(11-4-7-12-8-5-11)9-10-3-1-2-6-13-10/h4-5,7-8,10,13H,1-3,6,9H2/t10-,15+/m1/s1. The van der Waals surface area contributed by atoms with Gasteiger partial charge in [-0.05, 0) is 31.5 Å². The summed E-state index contributed by atoms with van der Waals surface area (Å²) >= 11 is 0. The van der Waals surface area contributed by atoms with E-state index >= 15 is 0 Å². The van der Waals surface area contributed by atoms with Gasteiger partial charge in [-0.1, -0.05) is 6.42 Å². The van der Waals surface area contributed by atoms with Crippen molar-refractivity contribution in [3.8, 4) is 0 Å². The second-order valence-electron chi connectivity index (χ2n) is 3.84. The van der Waals surface area contributed by atoms with Crippen LogP contribution in [0, 0.1) is 0 Å². The van der Waals surface area contributed by atoms with Crippen LogP contribution in [0.4, 0.5) is 0 Å². The molecule has 2 heterocycles. The van der Waals surface area contributed by atoms with Crippen LogP contribution in [0.3, 0.4) is 0 Å². The SMILES string of the molecule is O=[S@@](C[C@H]1CCCCN1)c1ccncc1. The molecule has 15 heavy (non-hydrogen) atoms. The van der Waals surface area contributed by atoms with E-state index in [1.165, 1.54) is 12.8 Å². The molecule has 1 aromatic heterocycles. The Bertz CT molecular complexity index is 323. The van der Waals surface area contributed by atoms with Crippen LogP contribution in [-0.4, -0.2) is 27.5 Å². The van der Waals surface area contributed by atoms with Gasteiger partial charge in [0.05, 0.1) is 10.8 Å². The molecular weight excluding hydrogens is 208 g/mol. The summed E-state index contributed by atoms with van der Waals surface area (Å²) in [6, 6.07) is 4.09. The maximum Gasteiger partial charge on any atom is 0.0546 e. The molecule has 1 N–H and O–H groups in total. The summed E-state index contributed by atoms with van der Waals surface area (Å²) in [6.07, 6.45) is 7.05. The Balaban J connectivity index is 1.91. The summed E-state index contributed by atoms with van der Waals surface area (Å²) in [4.78, 5) is 4.81. The highest BCUT2D eigenvalue weighted by Gasteiger charge is 2.16. The van der Waals surface area contributed by atoms with Gasteiger partial charge in [0.25, 0.3) is 0 Å². The van der Waals surface area contributed by atoms with Crippen molar-refractivity contribution >= 4 is 10.8 Å². The summed E-state index contributed by atoms with van der Waals surface area (Å²) in [6.45, 7) is 1.07. The van der Waals surface area contributed by atoms with E-state index in [9.17, 15) is 4.21 Å². The molecule has 1 aromatic rings. The van der Waals surface area contributed by atoms with Crippen molar-refractivity contribution in [1.29, 1.82) is 0 Å². The molecule has 3 nitrogen and oxygen atoms in total. The second-order valence-corrected chi connectivity index (χ2v) is 5.34. The van der Waals surface area contributed by atoms with Gasteiger partial charge in [-0.15, -0.1) is 0 Å². The van der Waals surface area contributed by atoms with Crippen LogP contribution in [0.1, 0.15) is 19.3 Å².